The SMILES string of the molecule is CC(C)(C)c1ccc(N2CCC(Cn3nc4c(cc3=O)CCC4)CC2)nn1. The van der Waals surface area contributed by atoms with E-state index in [1.807, 2.05) is 0 Å². The maximum atomic E-state index is 12.3. The first-order valence-electron chi connectivity index (χ1n) is 10.1. The van der Waals surface area contributed by atoms with Crippen LogP contribution in [0.15, 0.2) is 23.0 Å². The first-order chi connectivity index (χ1) is 12.9. The summed E-state index contributed by atoms with van der Waals surface area (Å²) in [5, 5.41) is 13.5. The fraction of sp³-hybridized carbons (Fsp3) is 0.619. The largest absolute Gasteiger partial charge is 0.355 e. The van der Waals surface area contributed by atoms with Gasteiger partial charge in [0, 0.05) is 31.1 Å². The quantitative estimate of drug-likeness (QED) is 0.835. The normalized spacial score (nSPS) is 18.0. The van der Waals surface area contributed by atoms with E-state index in [0.717, 1.165) is 74.5 Å². The fourth-order valence-electron chi connectivity index (χ4n) is 4.05. The second-order valence-electron chi connectivity index (χ2n) is 8.95. The topological polar surface area (TPSA) is 63.9 Å². The number of rotatable bonds is 3. The smallest absolute Gasteiger partial charge is 0.267 e. The fourth-order valence-corrected chi connectivity index (χ4v) is 4.05. The van der Waals surface area contributed by atoms with Gasteiger partial charge in [0.2, 0.25) is 0 Å². The summed E-state index contributed by atoms with van der Waals surface area (Å²) < 4.78 is 1.70. The van der Waals surface area contributed by atoms with Crippen LogP contribution >= 0.6 is 0 Å². The molecule has 0 N–H and O–H groups in total. The van der Waals surface area contributed by atoms with Crippen molar-refractivity contribution < 1.29 is 0 Å². The molecule has 0 aromatic carbocycles. The number of piperidine rings is 1. The molecule has 1 aliphatic heterocycles. The van der Waals surface area contributed by atoms with Gasteiger partial charge in [0.1, 0.15) is 0 Å². The van der Waals surface area contributed by atoms with Crippen LogP contribution in [0.3, 0.4) is 0 Å². The zero-order valence-corrected chi connectivity index (χ0v) is 16.6. The zero-order valence-electron chi connectivity index (χ0n) is 16.6. The van der Waals surface area contributed by atoms with Crippen molar-refractivity contribution in [1.82, 2.24) is 20.0 Å². The molecule has 3 heterocycles. The molecule has 0 radical (unpaired) electrons. The van der Waals surface area contributed by atoms with Gasteiger partial charge in [-0.15, -0.1) is 5.10 Å². The maximum absolute atomic E-state index is 12.3. The average Bonchev–Trinajstić information content (AvgIpc) is 3.09. The highest BCUT2D eigenvalue weighted by molar-refractivity contribution is 5.38. The first kappa shape index (κ1) is 18.1. The highest BCUT2D eigenvalue weighted by Gasteiger charge is 2.23. The summed E-state index contributed by atoms with van der Waals surface area (Å²) in [5.41, 5.74) is 3.38. The van der Waals surface area contributed by atoms with Crippen LogP contribution in [0.4, 0.5) is 5.82 Å². The molecule has 0 atom stereocenters. The van der Waals surface area contributed by atoms with Crippen molar-refractivity contribution in [3.8, 4) is 0 Å². The molecule has 0 bridgehead atoms. The third-order valence-electron chi connectivity index (χ3n) is 5.81. The minimum Gasteiger partial charge on any atom is -0.355 e. The zero-order chi connectivity index (χ0) is 19.0. The van der Waals surface area contributed by atoms with Crippen LogP contribution in [0.1, 0.15) is 57.0 Å². The molecule has 6 nitrogen and oxygen atoms in total. The second kappa shape index (κ2) is 7.06. The maximum Gasteiger partial charge on any atom is 0.267 e. The number of aryl methyl sites for hydroxylation is 2. The molecule has 1 fully saturated rings. The van der Waals surface area contributed by atoms with Gasteiger partial charge in [-0.05, 0) is 55.7 Å². The van der Waals surface area contributed by atoms with E-state index in [-0.39, 0.29) is 11.0 Å². The summed E-state index contributed by atoms with van der Waals surface area (Å²) in [6, 6.07) is 5.97. The van der Waals surface area contributed by atoms with E-state index in [4.69, 9.17) is 0 Å². The Labute approximate surface area is 160 Å². The molecule has 0 unspecified atom stereocenters. The lowest BCUT2D eigenvalue weighted by Crippen LogP contribution is -2.37. The summed E-state index contributed by atoms with van der Waals surface area (Å²) in [5.74, 6) is 1.45. The summed E-state index contributed by atoms with van der Waals surface area (Å²) >= 11 is 0. The molecule has 27 heavy (non-hydrogen) atoms. The van der Waals surface area contributed by atoms with Crippen molar-refractivity contribution in [3.63, 3.8) is 0 Å². The third-order valence-corrected chi connectivity index (χ3v) is 5.81. The lowest BCUT2D eigenvalue weighted by Gasteiger charge is -2.32. The van der Waals surface area contributed by atoms with Crippen molar-refractivity contribution in [3.05, 3.63) is 45.5 Å². The second-order valence-corrected chi connectivity index (χ2v) is 8.95. The minimum atomic E-state index is 0.0225. The standard InChI is InChI=1S/C21H29N5O/c1-21(2,3)18-7-8-19(23-22-18)25-11-9-15(10-12-25)14-26-20(27)13-16-5-4-6-17(16)24-26/h7-8,13,15H,4-6,9-12,14H2,1-3H3. The van der Waals surface area contributed by atoms with Gasteiger partial charge in [-0.2, -0.15) is 10.2 Å². The number of nitrogens with zero attached hydrogens (tertiary/aromatic N) is 5. The summed E-state index contributed by atoms with van der Waals surface area (Å²) in [7, 11) is 0. The van der Waals surface area contributed by atoms with Crippen LogP contribution < -0.4 is 10.5 Å². The van der Waals surface area contributed by atoms with Crippen LogP contribution in [-0.2, 0) is 24.8 Å². The lowest BCUT2D eigenvalue weighted by atomic mass is 9.92. The van der Waals surface area contributed by atoms with Gasteiger partial charge in [0.05, 0.1) is 11.4 Å². The number of anilines is 1. The summed E-state index contributed by atoms with van der Waals surface area (Å²) in [4.78, 5) is 14.6. The summed E-state index contributed by atoms with van der Waals surface area (Å²) in [6.45, 7) is 9.09. The highest BCUT2D eigenvalue weighted by atomic mass is 16.1. The molecule has 0 amide bonds. The monoisotopic (exact) mass is 367 g/mol. The molecular formula is C21H29N5O. The molecule has 2 aromatic heterocycles. The number of aromatic nitrogens is 4. The van der Waals surface area contributed by atoms with E-state index < -0.39 is 0 Å². The minimum absolute atomic E-state index is 0.0225. The Kier molecular flexibility index (Phi) is 4.74. The number of hydrogen-bond acceptors (Lipinski definition) is 5. The van der Waals surface area contributed by atoms with E-state index in [2.05, 4.69) is 53.1 Å². The molecule has 2 aromatic rings. The number of hydrogen-bond donors (Lipinski definition) is 0. The molecule has 4 rings (SSSR count). The van der Waals surface area contributed by atoms with Gasteiger partial charge >= 0.3 is 0 Å². The van der Waals surface area contributed by atoms with Crippen LogP contribution in [0, 0.1) is 5.92 Å². The van der Waals surface area contributed by atoms with E-state index in [0.29, 0.717) is 5.92 Å². The molecule has 1 aliphatic carbocycles. The van der Waals surface area contributed by atoms with Crippen molar-refractivity contribution >= 4 is 5.82 Å². The Hall–Kier alpha value is -2.24. The van der Waals surface area contributed by atoms with Crippen molar-refractivity contribution in [2.75, 3.05) is 18.0 Å². The average molecular weight is 367 g/mol. The van der Waals surface area contributed by atoms with Gasteiger partial charge in [-0.25, -0.2) is 4.68 Å². The Bertz CT molecular complexity index is 858. The van der Waals surface area contributed by atoms with Crippen LogP contribution in [0.25, 0.3) is 0 Å². The predicted octanol–water partition coefficient (Wildman–Crippen LogP) is 2.74. The van der Waals surface area contributed by atoms with E-state index in [1.54, 1.807) is 10.7 Å². The van der Waals surface area contributed by atoms with Gasteiger partial charge in [0.25, 0.3) is 5.56 Å². The lowest BCUT2D eigenvalue weighted by molar-refractivity contribution is 0.332. The van der Waals surface area contributed by atoms with E-state index in [1.165, 1.54) is 0 Å². The van der Waals surface area contributed by atoms with Crippen molar-refractivity contribution in [2.24, 2.45) is 5.92 Å². The molecule has 6 heteroatoms. The van der Waals surface area contributed by atoms with E-state index in [9.17, 15) is 4.79 Å². The first-order valence-corrected chi connectivity index (χ1v) is 10.1. The van der Waals surface area contributed by atoms with Gasteiger partial charge < -0.3 is 4.90 Å². The van der Waals surface area contributed by atoms with Gasteiger partial charge in [0.15, 0.2) is 5.82 Å². The number of fused-ring (bicyclic) bond motifs is 1. The van der Waals surface area contributed by atoms with Gasteiger partial charge in [-0.3, -0.25) is 4.79 Å². The Morgan fingerprint density at radius 3 is 2.56 bits per heavy atom. The van der Waals surface area contributed by atoms with Crippen molar-refractivity contribution in [2.45, 2.75) is 64.8 Å². The molecule has 2 aliphatic rings. The Morgan fingerprint density at radius 2 is 1.89 bits per heavy atom. The molecule has 1 saturated heterocycles. The molecule has 0 spiro atoms. The summed E-state index contributed by atoms with van der Waals surface area (Å²) in [6.07, 6.45) is 5.24. The van der Waals surface area contributed by atoms with Crippen LogP contribution in [0.5, 0.6) is 0 Å². The molecular weight excluding hydrogens is 338 g/mol. The predicted molar refractivity (Wildman–Crippen MR) is 106 cm³/mol. The molecule has 0 saturated carbocycles. The van der Waals surface area contributed by atoms with E-state index >= 15 is 0 Å². The van der Waals surface area contributed by atoms with Crippen LogP contribution in [0.2, 0.25) is 0 Å². The Morgan fingerprint density at radius 1 is 1.11 bits per heavy atom. The van der Waals surface area contributed by atoms with Crippen LogP contribution in [-0.4, -0.2) is 33.1 Å². The van der Waals surface area contributed by atoms with Crippen molar-refractivity contribution in [1.29, 1.82) is 0 Å². The Balaban J connectivity index is 1.37. The third kappa shape index (κ3) is 3.89. The van der Waals surface area contributed by atoms with Gasteiger partial charge in [-0.1, -0.05) is 20.8 Å². The molecule has 144 valence electrons. The highest BCUT2D eigenvalue weighted by Crippen LogP contribution is 2.25.